The first-order valence-corrected chi connectivity index (χ1v) is 4.42. The van der Waals surface area contributed by atoms with Crippen molar-refractivity contribution >= 4 is 0 Å². The van der Waals surface area contributed by atoms with Crippen molar-refractivity contribution in [2.24, 2.45) is 0 Å². The van der Waals surface area contributed by atoms with Crippen LogP contribution in [0.2, 0.25) is 0 Å². The normalized spacial score (nSPS) is 10.2. The van der Waals surface area contributed by atoms with Crippen molar-refractivity contribution in [2.75, 3.05) is 0 Å². The first-order chi connectivity index (χ1) is 6.34. The molecule has 1 heterocycles. The summed E-state index contributed by atoms with van der Waals surface area (Å²) in [5, 5.41) is 0. The molecule has 1 heteroatoms. The van der Waals surface area contributed by atoms with Crippen LogP contribution in [0.5, 0.6) is 0 Å². The molecule has 0 saturated carbocycles. The molecule has 0 aliphatic rings. The third-order valence-corrected chi connectivity index (χ3v) is 2.04. The predicted octanol–water partition coefficient (Wildman–Crippen LogP) is 3.18. The maximum absolute atomic E-state index is 5.28. The summed E-state index contributed by atoms with van der Waals surface area (Å²) < 4.78 is 5.28. The Balaban J connectivity index is 2.19. The van der Waals surface area contributed by atoms with Gasteiger partial charge in [0.1, 0.15) is 5.76 Å². The molecule has 0 amide bonds. The first kappa shape index (κ1) is 8.11. The highest BCUT2D eigenvalue weighted by Crippen LogP contribution is 2.10. The van der Waals surface area contributed by atoms with Gasteiger partial charge >= 0.3 is 0 Å². The number of benzene rings is 1. The molecule has 13 heavy (non-hydrogen) atoms. The number of furan rings is 1. The standard InChI is InChI=1S/C12H12O/c1-10-4-2-5-11(8-10)9-12-6-3-7-13-12/h2-8H,9H2,1H3. The van der Waals surface area contributed by atoms with E-state index < -0.39 is 0 Å². The Bertz CT molecular complexity index is 374. The number of aryl methyl sites for hydroxylation is 1. The van der Waals surface area contributed by atoms with E-state index in [0.717, 1.165) is 12.2 Å². The third-order valence-electron chi connectivity index (χ3n) is 2.04. The second-order valence-corrected chi connectivity index (χ2v) is 3.25. The summed E-state index contributed by atoms with van der Waals surface area (Å²) in [6.07, 6.45) is 2.60. The third kappa shape index (κ3) is 2.00. The maximum Gasteiger partial charge on any atom is 0.108 e. The van der Waals surface area contributed by atoms with Crippen LogP contribution in [-0.2, 0) is 6.42 Å². The van der Waals surface area contributed by atoms with Crippen molar-refractivity contribution in [1.82, 2.24) is 0 Å². The van der Waals surface area contributed by atoms with Gasteiger partial charge in [-0.15, -0.1) is 0 Å². The fourth-order valence-corrected chi connectivity index (χ4v) is 1.44. The van der Waals surface area contributed by atoms with Gasteiger partial charge < -0.3 is 4.42 Å². The summed E-state index contributed by atoms with van der Waals surface area (Å²) in [6, 6.07) is 12.4. The highest BCUT2D eigenvalue weighted by Gasteiger charge is 1.97. The van der Waals surface area contributed by atoms with Crippen molar-refractivity contribution in [3.8, 4) is 0 Å². The van der Waals surface area contributed by atoms with Crippen LogP contribution < -0.4 is 0 Å². The van der Waals surface area contributed by atoms with Gasteiger partial charge in [0, 0.05) is 6.42 Å². The van der Waals surface area contributed by atoms with E-state index in [-0.39, 0.29) is 0 Å². The predicted molar refractivity (Wildman–Crippen MR) is 52.7 cm³/mol. The molecule has 66 valence electrons. The Morgan fingerprint density at radius 1 is 1.15 bits per heavy atom. The second kappa shape index (κ2) is 3.48. The Kier molecular flexibility index (Phi) is 2.17. The van der Waals surface area contributed by atoms with E-state index in [1.807, 2.05) is 12.1 Å². The van der Waals surface area contributed by atoms with Gasteiger partial charge in [0.2, 0.25) is 0 Å². The number of hydrogen-bond acceptors (Lipinski definition) is 1. The summed E-state index contributed by atoms with van der Waals surface area (Å²) >= 11 is 0. The quantitative estimate of drug-likeness (QED) is 0.678. The lowest BCUT2D eigenvalue weighted by atomic mass is 10.1. The van der Waals surface area contributed by atoms with Gasteiger partial charge in [-0.05, 0) is 24.6 Å². The van der Waals surface area contributed by atoms with Gasteiger partial charge in [0.05, 0.1) is 6.26 Å². The lowest BCUT2D eigenvalue weighted by molar-refractivity contribution is 0.521. The van der Waals surface area contributed by atoms with Crippen LogP contribution in [0.3, 0.4) is 0 Å². The Morgan fingerprint density at radius 2 is 2.08 bits per heavy atom. The van der Waals surface area contributed by atoms with E-state index in [1.54, 1.807) is 6.26 Å². The van der Waals surface area contributed by atoms with E-state index >= 15 is 0 Å². The van der Waals surface area contributed by atoms with Gasteiger partial charge in [0.25, 0.3) is 0 Å². The average Bonchev–Trinajstić information content (AvgIpc) is 2.57. The summed E-state index contributed by atoms with van der Waals surface area (Å²) in [5.41, 5.74) is 2.60. The minimum absolute atomic E-state index is 0.884. The molecule has 1 aromatic heterocycles. The molecule has 0 fully saturated rings. The van der Waals surface area contributed by atoms with Crippen molar-refractivity contribution < 1.29 is 4.42 Å². The Hall–Kier alpha value is -1.50. The fourth-order valence-electron chi connectivity index (χ4n) is 1.44. The molecule has 0 radical (unpaired) electrons. The Morgan fingerprint density at radius 3 is 2.77 bits per heavy atom. The molecule has 0 bridgehead atoms. The van der Waals surface area contributed by atoms with Crippen LogP contribution in [0.25, 0.3) is 0 Å². The van der Waals surface area contributed by atoms with Crippen LogP contribution in [0, 0.1) is 6.92 Å². The summed E-state index contributed by atoms with van der Waals surface area (Å²) in [7, 11) is 0. The van der Waals surface area contributed by atoms with Crippen LogP contribution in [0.15, 0.2) is 47.1 Å². The zero-order chi connectivity index (χ0) is 9.10. The van der Waals surface area contributed by atoms with E-state index in [1.165, 1.54) is 11.1 Å². The van der Waals surface area contributed by atoms with E-state index in [4.69, 9.17) is 4.42 Å². The summed E-state index contributed by atoms with van der Waals surface area (Å²) in [4.78, 5) is 0. The zero-order valence-corrected chi connectivity index (χ0v) is 7.66. The summed E-state index contributed by atoms with van der Waals surface area (Å²) in [6.45, 7) is 2.10. The van der Waals surface area contributed by atoms with Gasteiger partial charge in [-0.2, -0.15) is 0 Å². The molecule has 0 N–H and O–H groups in total. The van der Waals surface area contributed by atoms with Crippen LogP contribution in [0.4, 0.5) is 0 Å². The van der Waals surface area contributed by atoms with Crippen LogP contribution in [0.1, 0.15) is 16.9 Å². The lowest BCUT2D eigenvalue weighted by Gasteiger charge is -1.99. The van der Waals surface area contributed by atoms with Crippen LogP contribution >= 0.6 is 0 Å². The highest BCUT2D eigenvalue weighted by atomic mass is 16.3. The molecule has 0 aliphatic carbocycles. The molecule has 2 rings (SSSR count). The minimum Gasteiger partial charge on any atom is -0.469 e. The SMILES string of the molecule is Cc1cccc(Cc2ccco2)c1. The first-order valence-electron chi connectivity index (χ1n) is 4.42. The lowest BCUT2D eigenvalue weighted by Crippen LogP contribution is -1.85. The van der Waals surface area contributed by atoms with Crippen molar-refractivity contribution in [3.05, 3.63) is 59.5 Å². The molecule has 0 atom stereocenters. The second-order valence-electron chi connectivity index (χ2n) is 3.25. The molecule has 2 aromatic rings. The smallest absolute Gasteiger partial charge is 0.108 e. The molecule has 1 aromatic carbocycles. The minimum atomic E-state index is 0.884. The molecule has 0 spiro atoms. The topological polar surface area (TPSA) is 13.1 Å². The molecule has 0 aliphatic heterocycles. The molecule has 0 saturated heterocycles. The molecule has 0 unspecified atom stereocenters. The summed E-state index contributed by atoms with van der Waals surface area (Å²) in [5.74, 6) is 1.02. The largest absolute Gasteiger partial charge is 0.469 e. The van der Waals surface area contributed by atoms with E-state index in [2.05, 4.69) is 31.2 Å². The number of rotatable bonds is 2. The van der Waals surface area contributed by atoms with Crippen molar-refractivity contribution in [1.29, 1.82) is 0 Å². The maximum atomic E-state index is 5.28. The van der Waals surface area contributed by atoms with Crippen LogP contribution in [-0.4, -0.2) is 0 Å². The van der Waals surface area contributed by atoms with Gasteiger partial charge in [0.15, 0.2) is 0 Å². The van der Waals surface area contributed by atoms with E-state index in [0.29, 0.717) is 0 Å². The van der Waals surface area contributed by atoms with Crippen molar-refractivity contribution in [2.45, 2.75) is 13.3 Å². The van der Waals surface area contributed by atoms with E-state index in [9.17, 15) is 0 Å². The average molecular weight is 172 g/mol. The van der Waals surface area contributed by atoms with Gasteiger partial charge in [-0.1, -0.05) is 29.8 Å². The Labute approximate surface area is 78.0 Å². The molecular formula is C12H12O. The van der Waals surface area contributed by atoms with Crippen molar-refractivity contribution in [3.63, 3.8) is 0 Å². The monoisotopic (exact) mass is 172 g/mol. The molecular weight excluding hydrogens is 160 g/mol. The van der Waals surface area contributed by atoms with Gasteiger partial charge in [-0.25, -0.2) is 0 Å². The van der Waals surface area contributed by atoms with Gasteiger partial charge in [-0.3, -0.25) is 0 Å². The fraction of sp³-hybridized carbons (Fsp3) is 0.167. The zero-order valence-electron chi connectivity index (χ0n) is 7.66. The highest BCUT2D eigenvalue weighted by molar-refractivity contribution is 5.25. The number of hydrogen-bond donors (Lipinski definition) is 0. The molecule has 1 nitrogen and oxygen atoms in total.